The second kappa shape index (κ2) is 6.48. The second-order valence-electron chi connectivity index (χ2n) is 4.65. The molecule has 22 heavy (non-hydrogen) atoms. The summed E-state index contributed by atoms with van der Waals surface area (Å²) in [5, 5.41) is 0. The number of hydrogen-bond donors (Lipinski definition) is 0. The first-order valence-electron chi connectivity index (χ1n) is 6.83. The van der Waals surface area contributed by atoms with Crippen molar-refractivity contribution < 1.29 is 23.7 Å². The molecule has 0 bridgehead atoms. The van der Waals surface area contributed by atoms with Crippen molar-refractivity contribution in [3.05, 3.63) is 45.6 Å². The van der Waals surface area contributed by atoms with Gasteiger partial charge in [0.1, 0.15) is 0 Å². The van der Waals surface area contributed by atoms with E-state index < -0.39 is 0 Å². The number of carbonyl (C=O) groups is 1. The van der Waals surface area contributed by atoms with Gasteiger partial charge in [-0.1, -0.05) is 6.07 Å². The Labute approximate surface area is 132 Å². The van der Waals surface area contributed by atoms with Gasteiger partial charge in [0.25, 0.3) is 0 Å². The fourth-order valence-corrected chi connectivity index (χ4v) is 3.28. The predicted octanol–water partition coefficient (Wildman–Crippen LogP) is 3.04. The van der Waals surface area contributed by atoms with Crippen LogP contribution in [0, 0.1) is 0 Å². The fourth-order valence-electron chi connectivity index (χ4n) is 2.32. The van der Waals surface area contributed by atoms with Gasteiger partial charge in [0, 0.05) is 0 Å². The van der Waals surface area contributed by atoms with E-state index in [1.165, 1.54) is 18.4 Å². The van der Waals surface area contributed by atoms with E-state index in [9.17, 15) is 4.79 Å². The number of benzene rings is 1. The molecule has 0 atom stereocenters. The maximum atomic E-state index is 12.7. The summed E-state index contributed by atoms with van der Waals surface area (Å²) in [6, 6.07) is 8.90. The van der Waals surface area contributed by atoms with E-state index in [2.05, 4.69) is 0 Å². The molecule has 1 saturated heterocycles. The van der Waals surface area contributed by atoms with Gasteiger partial charge in [-0.2, -0.15) is 0 Å². The van der Waals surface area contributed by atoms with Gasteiger partial charge in [0.05, 0.1) is 42.8 Å². The zero-order valence-electron chi connectivity index (χ0n) is 12.3. The van der Waals surface area contributed by atoms with Crippen molar-refractivity contribution in [2.45, 2.75) is 6.29 Å². The van der Waals surface area contributed by atoms with Crippen LogP contribution in [-0.4, -0.2) is 33.2 Å². The Kier molecular flexibility index (Phi) is 4.42. The molecule has 0 amide bonds. The summed E-state index contributed by atoms with van der Waals surface area (Å²) in [7, 11) is 3.07. The molecule has 116 valence electrons. The Morgan fingerprint density at radius 3 is 2.59 bits per heavy atom. The van der Waals surface area contributed by atoms with E-state index in [1.807, 2.05) is 6.07 Å². The Morgan fingerprint density at radius 1 is 1.14 bits per heavy atom. The first kappa shape index (κ1) is 15.0. The van der Waals surface area contributed by atoms with Crippen molar-refractivity contribution in [2.75, 3.05) is 27.4 Å². The summed E-state index contributed by atoms with van der Waals surface area (Å²) in [6.45, 7) is 1.16. The van der Waals surface area contributed by atoms with Crippen LogP contribution in [0.25, 0.3) is 0 Å². The average Bonchev–Trinajstić information content (AvgIpc) is 3.23. The van der Waals surface area contributed by atoms with Gasteiger partial charge >= 0.3 is 0 Å². The molecular formula is C16H16O5S. The quantitative estimate of drug-likeness (QED) is 0.793. The maximum Gasteiger partial charge on any atom is 0.206 e. The van der Waals surface area contributed by atoms with Crippen LogP contribution in [0.2, 0.25) is 0 Å². The van der Waals surface area contributed by atoms with Crippen LogP contribution in [-0.2, 0) is 9.47 Å². The molecule has 5 nitrogen and oxygen atoms in total. The monoisotopic (exact) mass is 320 g/mol. The molecule has 1 aromatic heterocycles. The van der Waals surface area contributed by atoms with Crippen molar-refractivity contribution in [1.82, 2.24) is 0 Å². The van der Waals surface area contributed by atoms with Gasteiger partial charge < -0.3 is 18.9 Å². The number of carbonyl (C=O) groups excluding carboxylic acids is 1. The van der Waals surface area contributed by atoms with Gasteiger partial charge in [0.2, 0.25) is 5.78 Å². The third kappa shape index (κ3) is 2.72. The molecule has 0 aliphatic carbocycles. The highest BCUT2D eigenvalue weighted by atomic mass is 32.1. The third-order valence-electron chi connectivity index (χ3n) is 3.35. The van der Waals surface area contributed by atoms with E-state index in [0.29, 0.717) is 35.2 Å². The number of ether oxygens (including phenoxy) is 4. The van der Waals surface area contributed by atoms with Crippen molar-refractivity contribution in [2.24, 2.45) is 0 Å². The van der Waals surface area contributed by atoms with Crippen LogP contribution in [0.4, 0.5) is 0 Å². The number of thiophene rings is 1. The van der Waals surface area contributed by atoms with Gasteiger partial charge in [-0.25, -0.2) is 0 Å². The Morgan fingerprint density at radius 2 is 1.91 bits per heavy atom. The van der Waals surface area contributed by atoms with Gasteiger partial charge in [-0.3, -0.25) is 4.79 Å². The van der Waals surface area contributed by atoms with Gasteiger partial charge in [-0.15, -0.1) is 11.3 Å². The lowest BCUT2D eigenvalue weighted by atomic mass is 10.1. The largest absolute Gasteiger partial charge is 0.493 e. The van der Waals surface area contributed by atoms with E-state index >= 15 is 0 Å². The van der Waals surface area contributed by atoms with E-state index in [1.54, 1.807) is 31.4 Å². The highest BCUT2D eigenvalue weighted by molar-refractivity contribution is 7.14. The first-order chi connectivity index (χ1) is 10.7. The second-order valence-corrected chi connectivity index (χ2v) is 5.76. The number of rotatable bonds is 5. The molecular weight excluding hydrogens is 304 g/mol. The Balaban J connectivity index is 1.91. The van der Waals surface area contributed by atoms with Crippen LogP contribution >= 0.6 is 11.3 Å². The third-order valence-corrected chi connectivity index (χ3v) is 4.46. The smallest absolute Gasteiger partial charge is 0.206 e. The Bertz CT molecular complexity index is 673. The predicted molar refractivity (Wildman–Crippen MR) is 81.9 cm³/mol. The van der Waals surface area contributed by atoms with Crippen molar-refractivity contribution in [1.29, 1.82) is 0 Å². The molecule has 0 radical (unpaired) electrons. The summed E-state index contributed by atoms with van der Waals surface area (Å²) in [5.74, 6) is 0.871. The van der Waals surface area contributed by atoms with E-state index in [4.69, 9.17) is 18.9 Å². The molecule has 2 aromatic rings. The van der Waals surface area contributed by atoms with Crippen LogP contribution < -0.4 is 9.47 Å². The minimum Gasteiger partial charge on any atom is -0.493 e. The number of methoxy groups -OCH3 is 2. The number of ketones is 1. The average molecular weight is 320 g/mol. The topological polar surface area (TPSA) is 54.0 Å². The molecule has 2 heterocycles. The minimum atomic E-state index is -0.362. The molecule has 1 aliphatic heterocycles. The minimum absolute atomic E-state index is 0.106. The summed E-state index contributed by atoms with van der Waals surface area (Å²) >= 11 is 1.37. The first-order valence-corrected chi connectivity index (χ1v) is 7.65. The molecule has 0 spiro atoms. The molecule has 3 rings (SSSR count). The van der Waals surface area contributed by atoms with E-state index in [-0.39, 0.29) is 12.1 Å². The number of para-hydroxylation sites is 1. The molecule has 1 aromatic carbocycles. The van der Waals surface area contributed by atoms with Crippen molar-refractivity contribution in [3.63, 3.8) is 0 Å². The maximum absolute atomic E-state index is 12.7. The van der Waals surface area contributed by atoms with Gasteiger partial charge in [0.15, 0.2) is 17.8 Å². The molecule has 1 fully saturated rings. The zero-order chi connectivity index (χ0) is 15.5. The highest BCUT2D eigenvalue weighted by Crippen LogP contribution is 2.35. The lowest BCUT2D eigenvalue weighted by Gasteiger charge is -2.11. The van der Waals surface area contributed by atoms with Crippen molar-refractivity contribution >= 4 is 17.1 Å². The summed E-state index contributed by atoms with van der Waals surface area (Å²) in [6.07, 6.45) is -0.362. The summed E-state index contributed by atoms with van der Waals surface area (Å²) < 4.78 is 21.5. The van der Waals surface area contributed by atoms with Crippen LogP contribution in [0.5, 0.6) is 11.5 Å². The molecule has 6 heteroatoms. The lowest BCUT2D eigenvalue weighted by molar-refractivity contribution is -0.0413. The van der Waals surface area contributed by atoms with Crippen molar-refractivity contribution in [3.8, 4) is 11.5 Å². The lowest BCUT2D eigenvalue weighted by Crippen LogP contribution is -2.03. The molecule has 1 aliphatic rings. The normalized spacial score (nSPS) is 15.0. The standard InChI is InChI=1S/C16H16O5S/c1-18-11-5-3-4-10(15(11)19-2)14(17)12-6-7-13(22-12)16-20-8-9-21-16/h3-7,16H,8-9H2,1-2H3. The summed E-state index contributed by atoms with van der Waals surface area (Å²) in [5.41, 5.74) is 0.475. The van der Waals surface area contributed by atoms with Crippen LogP contribution in [0.1, 0.15) is 26.4 Å². The molecule has 0 saturated carbocycles. The highest BCUT2D eigenvalue weighted by Gasteiger charge is 2.24. The van der Waals surface area contributed by atoms with Crippen LogP contribution in [0.15, 0.2) is 30.3 Å². The fraction of sp³-hybridized carbons (Fsp3) is 0.312. The molecule has 0 N–H and O–H groups in total. The zero-order valence-corrected chi connectivity index (χ0v) is 13.1. The van der Waals surface area contributed by atoms with Crippen LogP contribution in [0.3, 0.4) is 0 Å². The summed E-state index contributed by atoms with van der Waals surface area (Å²) in [4.78, 5) is 14.2. The van der Waals surface area contributed by atoms with Gasteiger partial charge in [-0.05, 0) is 24.3 Å². The number of hydrogen-bond acceptors (Lipinski definition) is 6. The Hall–Kier alpha value is -1.89. The molecule has 0 unspecified atom stereocenters. The SMILES string of the molecule is COc1cccc(C(=O)c2ccc(C3OCCO3)s2)c1OC. The van der Waals surface area contributed by atoms with E-state index in [0.717, 1.165) is 4.88 Å².